The van der Waals surface area contributed by atoms with E-state index >= 15 is 0 Å². The molecule has 0 unspecified atom stereocenters. The molecular formula is C19H20N4O3. The van der Waals surface area contributed by atoms with Crippen LogP contribution in [-0.2, 0) is 0 Å². The quantitative estimate of drug-likeness (QED) is 0.739. The molecule has 134 valence electrons. The van der Waals surface area contributed by atoms with Gasteiger partial charge in [0.25, 0.3) is 11.8 Å². The molecule has 2 amide bonds. The number of nitrogens with one attached hydrogen (secondary N) is 2. The Bertz CT molecular complexity index is 962. The molecule has 0 atom stereocenters. The maximum Gasteiger partial charge on any atom is 0.287 e. The van der Waals surface area contributed by atoms with Gasteiger partial charge in [-0.1, -0.05) is 12.1 Å². The Balaban J connectivity index is 1.96. The van der Waals surface area contributed by atoms with Gasteiger partial charge in [-0.3, -0.25) is 14.0 Å². The number of benzene rings is 1. The van der Waals surface area contributed by atoms with E-state index in [1.807, 2.05) is 13.8 Å². The van der Waals surface area contributed by atoms with E-state index in [2.05, 4.69) is 15.6 Å². The van der Waals surface area contributed by atoms with Crippen molar-refractivity contribution >= 4 is 23.0 Å². The van der Waals surface area contributed by atoms with E-state index in [1.165, 1.54) is 0 Å². The van der Waals surface area contributed by atoms with E-state index in [0.717, 1.165) is 0 Å². The number of pyridine rings is 1. The Hall–Kier alpha value is -3.35. The monoisotopic (exact) mass is 352 g/mol. The van der Waals surface area contributed by atoms with Crippen molar-refractivity contribution in [1.29, 1.82) is 0 Å². The molecule has 2 aromatic heterocycles. The van der Waals surface area contributed by atoms with Crippen LogP contribution < -0.4 is 15.4 Å². The van der Waals surface area contributed by atoms with Crippen LogP contribution >= 0.6 is 0 Å². The summed E-state index contributed by atoms with van der Waals surface area (Å²) in [7, 11) is 1.56. The number of hydrogen-bond donors (Lipinski definition) is 2. The van der Waals surface area contributed by atoms with Crippen LogP contribution in [0.2, 0.25) is 0 Å². The number of rotatable bonds is 5. The fourth-order valence-electron chi connectivity index (χ4n) is 2.58. The average molecular weight is 352 g/mol. The normalized spacial score (nSPS) is 10.8. The fraction of sp³-hybridized carbons (Fsp3) is 0.211. The zero-order chi connectivity index (χ0) is 18.7. The summed E-state index contributed by atoms with van der Waals surface area (Å²) < 4.78 is 6.77. The van der Waals surface area contributed by atoms with E-state index in [1.54, 1.807) is 60.2 Å². The molecule has 0 aliphatic carbocycles. The highest BCUT2D eigenvalue weighted by Gasteiger charge is 2.21. The van der Waals surface area contributed by atoms with Crippen LogP contribution in [0.5, 0.6) is 5.75 Å². The van der Waals surface area contributed by atoms with Crippen LogP contribution in [0.3, 0.4) is 0 Å². The van der Waals surface area contributed by atoms with Crippen molar-refractivity contribution in [2.45, 2.75) is 19.9 Å². The number of carbonyl (C=O) groups excluding carboxylic acids is 2. The number of nitrogens with zero attached hydrogens (tertiary/aromatic N) is 2. The number of hydrogen-bond acceptors (Lipinski definition) is 4. The smallest absolute Gasteiger partial charge is 0.287 e. The number of methoxy groups -OCH3 is 1. The summed E-state index contributed by atoms with van der Waals surface area (Å²) in [6.45, 7) is 3.73. The number of imidazole rings is 1. The van der Waals surface area contributed by atoms with Crippen molar-refractivity contribution in [1.82, 2.24) is 14.7 Å². The molecule has 1 aromatic carbocycles. The second kappa shape index (κ2) is 7.26. The molecule has 0 saturated carbocycles. The van der Waals surface area contributed by atoms with Crippen molar-refractivity contribution < 1.29 is 14.3 Å². The largest absolute Gasteiger partial charge is 0.497 e. The summed E-state index contributed by atoms with van der Waals surface area (Å²) in [5.74, 6) is 0.0757. The lowest BCUT2D eigenvalue weighted by atomic mass is 10.2. The summed E-state index contributed by atoms with van der Waals surface area (Å²) >= 11 is 0. The zero-order valence-corrected chi connectivity index (χ0v) is 14.8. The van der Waals surface area contributed by atoms with Crippen LogP contribution in [0.4, 0.5) is 5.69 Å². The Morgan fingerprint density at radius 3 is 2.65 bits per heavy atom. The summed E-state index contributed by atoms with van der Waals surface area (Å²) in [5.41, 5.74) is 1.32. The second-order valence-electron chi connectivity index (χ2n) is 6.05. The summed E-state index contributed by atoms with van der Waals surface area (Å²) in [6, 6.07) is 12.3. The average Bonchev–Trinajstić information content (AvgIpc) is 3.01. The Morgan fingerprint density at radius 1 is 1.12 bits per heavy atom. The Kier molecular flexibility index (Phi) is 4.88. The van der Waals surface area contributed by atoms with E-state index in [0.29, 0.717) is 17.0 Å². The number of aromatic nitrogens is 2. The highest BCUT2D eigenvalue weighted by atomic mass is 16.5. The SMILES string of the molecule is COc1cccc(NC(=O)c2nc(C(=O)NC(C)C)n3ccccc23)c1. The molecule has 26 heavy (non-hydrogen) atoms. The number of amides is 2. The highest BCUT2D eigenvalue weighted by Crippen LogP contribution is 2.19. The number of fused-ring (bicyclic) bond motifs is 1. The number of anilines is 1. The third kappa shape index (κ3) is 3.51. The minimum Gasteiger partial charge on any atom is -0.497 e. The first-order valence-electron chi connectivity index (χ1n) is 8.23. The molecule has 0 saturated heterocycles. The molecule has 0 spiro atoms. The number of carbonyl (C=O) groups is 2. The van der Waals surface area contributed by atoms with Crippen molar-refractivity contribution in [3.63, 3.8) is 0 Å². The maximum atomic E-state index is 12.7. The molecule has 7 heteroatoms. The second-order valence-corrected chi connectivity index (χ2v) is 6.05. The number of ether oxygens (including phenoxy) is 1. The van der Waals surface area contributed by atoms with E-state index < -0.39 is 5.91 Å². The molecule has 0 fully saturated rings. The lowest BCUT2D eigenvalue weighted by molar-refractivity contribution is 0.0932. The van der Waals surface area contributed by atoms with Crippen LogP contribution in [0.1, 0.15) is 35.0 Å². The van der Waals surface area contributed by atoms with Gasteiger partial charge in [-0.15, -0.1) is 0 Å². The summed E-state index contributed by atoms with van der Waals surface area (Å²) in [6.07, 6.45) is 1.71. The predicted molar refractivity (Wildman–Crippen MR) is 98.7 cm³/mol. The van der Waals surface area contributed by atoms with Gasteiger partial charge in [-0.25, -0.2) is 4.98 Å². The molecule has 2 N–H and O–H groups in total. The Morgan fingerprint density at radius 2 is 1.92 bits per heavy atom. The molecule has 0 aliphatic rings. The van der Waals surface area contributed by atoms with Gasteiger partial charge in [-0.2, -0.15) is 0 Å². The van der Waals surface area contributed by atoms with Crippen molar-refractivity contribution in [2.75, 3.05) is 12.4 Å². The van der Waals surface area contributed by atoms with E-state index in [4.69, 9.17) is 4.74 Å². The van der Waals surface area contributed by atoms with Crippen molar-refractivity contribution in [3.8, 4) is 5.75 Å². The zero-order valence-electron chi connectivity index (χ0n) is 14.8. The molecular weight excluding hydrogens is 332 g/mol. The van der Waals surface area contributed by atoms with Crippen molar-refractivity contribution in [3.05, 3.63) is 60.2 Å². The molecule has 7 nitrogen and oxygen atoms in total. The minimum atomic E-state index is -0.398. The fourth-order valence-corrected chi connectivity index (χ4v) is 2.58. The Labute approximate surface area is 151 Å². The predicted octanol–water partition coefficient (Wildman–Crippen LogP) is 2.73. The molecule has 0 bridgehead atoms. The summed E-state index contributed by atoms with van der Waals surface area (Å²) in [5, 5.41) is 5.59. The van der Waals surface area contributed by atoms with Gasteiger partial charge in [0.2, 0.25) is 5.82 Å². The molecule has 2 heterocycles. The maximum absolute atomic E-state index is 12.7. The first kappa shape index (κ1) is 17.5. The van der Waals surface area contributed by atoms with Gasteiger partial charge >= 0.3 is 0 Å². The van der Waals surface area contributed by atoms with Gasteiger partial charge < -0.3 is 15.4 Å². The van der Waals surface area contributed by atoms with Gasteiger partial charge in [0.05, 0.1) is 12.6 Å². The van der Waals surface area contributed by atoms with Gasteiger partial charge in [-0.05, 0) is 38.1 Å². The van der Waals surface area contributed by atoms with Crippen LogP contribution in [0.25, 0.3) is 5.52 Å². The van der Waals surface area contributed by atoms with Crippen LogP contribution in [0, 0.1) is 0 Å². The molecule has 0 aliphatic heterocycles. The van der Waals surface area contributed by atoms with E-state index in [9.17, 15) is 9.59 Å². The van der Waals surface area contributed by atoms with Gasteiger partial charge in [0, 0.05) is 24.0 Å². The molecule has 3 aromatic rings. The third-order valence-electron chi connectivity index (χ3n) is 3.71. The topological polar surface area (TPSA) is 84.7 Å². The first-order chi connectivity index (χ1) is 12.5. The lowest BCUT2D eigenvalue weighted by Crippen LogP contribution is -2.31. The molecule has 0 radical (unpaired) electrons. The van der Waals surface area contributed by atoms with Crippen molar-refractivity contribution in [2.24, 2.45) is 0 Å². The van der Waals surface area contributed by atoms with Gasteiger partial charge in [0.1, 0.15) is 5.75 Å². The van der Waals surface area contributed by atoms with Gasteiger partial charge in [0.15, 0.2) is 5.69 Å². The minimum absolute atomic E-state index is 0.0346. The summed E-state index contributed by atoms with van der Waals surface area (Å²) in [4.78, 5) is 29.4. The standard InChI is InChI=1S/C19H20N4O3/c1-12(2)20-19(25)17-22-16(15-9-4-5-10-23(15)17)18(24)21-13-7-6-8-14(11-13)26-3/h4-12H,1-3H3,(H,20,25)(H,21,24). The molecule has 3 rings (SSSR count). The van der Waals surface area contributed by atoms with Crippen LogP contribution in [0.15, 0.2) is 48.7 Å². The highest BCUT2D eigenvalue weighted by molar-refractivity contribution is 6.09. The first-order valence-corrected chi connectivity index (χ1v) is 8.23. The van der Waals surface area contributed by atoms with Crippen LogP contribution in [-0.4, -0.2) is 34.4 Å². The third-order valence-corrected chi connectivity index (χ3v) is 3.71. The lowest BCUT2D eigenvalue weighted by Gasteiger charge is -2.06. The van der Waals surface area contributed by atoms with E-state index in [-0.39, 0.29) is 23.5 Å².